The molecule has 0 bridgehead atoms. The lowest BCUT2D eigenvalue weighted by Gasteiger charge is -2.28. The summed E-state index contributed by atoms with van der Waals surface area (Å²) < 4.78 is 6.93. The van der Waals surface area contributed by atoms with Gasteiger partial charge in [-0.15, -0.1) is 0 Å². The SMILES string of the molecule is CC1CCCCC1Oc1ncncc1I. The van der Waals surface area contributed by atoms with Gasteiger partial charge in [0.2, 0.25) is 5.88 Å². The minimum absolute atomic E-state index is 0.335. The summed E-state index contributed by atoms with van der Waals surface area (Å²) in [6, 6.07) is 0. The molecule has 2 unspecified atom stereocenters. The highest BCUT2D eigenvalue weighted by molar-refractivity contribution is 14.1. The van der Waals surface area contributed by atoms with E-state index in [4.69, 9.17) is 4.74 Å². The molecule has 1 saturated carbocycles. The third-order valence-corrected chi connectivity index (χ3v) is 3.67. The van der Waals surface area contributed by atoms with Gasteiger partial charge in [-0.05, 0) is 47.8 Å². The first-order valence-electron chi connectivity index (χ1n) is 5.39. The first-order chi connectivity index (χ1) is 7.27. The van der Waals surface area contributed by atoms with Crippen molar-refractivity contribution in [3.63, 3.8) is 0 Å². The van der Waals surface area contributed by atoms with Gasteiger partial charge in [-0.2, -0.15) is 0 Å². The topological polar surface area (TPSA) is 35.0 Å². The first kappa shape index (κ1) is 11.1. The van der Waals surface area contributed by atoms with Gasteiger partial charge in [0.1, 0.15) is 12.4 Å². The van der Waals surface area contributed by atoms with Gasteiger partial charge < -0.3 is 4.74 Å². The van der Waals surface area contributed by atoms with Crippen molar-refractivity contribution in [3.8, 4) is 5.88 Å². The molecule has 1 aliphatic carbocycles. The Morgan fingerprint density at radius 2 is 2.20 bits per heavy atom. The Balaban J connectivity index is 2.04. The highest BCUT2D eigenvalue weighted by Gasteiger charge is 2.23. The van der Waals surface area contributed by atoms with Gasteiger partial charge in [-0.1, -0.05) is 13.3 Å². The zero-order valence-electron chi connectivity index (χ0n) is 8.82. The van der Waals surface area contributed by atoms with Crippen molar-refractivity contribution in [2.24, 2.45) is 5.92 Å². The Hall–Kier alpha value is -0.390. The molecule has 1 fully saturated rings. The van der Waals surface area contributed by atoms with Crippen LogP contribution in [0.4, 0.5) is 0 Å². The monoisotopic (exact) mass is 318 g/mol. The number of hydrogen-bond acceptors (Lipinski definition) is 3. The van der Waals surface area contributed by atoms with Crippen molar-refractivity contribution < 1.29 is 4.74 Å². The Kier molecular flexibility index (Phi) is 3.77. The third-order valence-electron chi connectivity index (χ3n) is 2.93. The maximum absolute atomic E-state index is 5.94. The van der Waals surface area contributed by atoms with Gasteiger partial charge in [0.15, 0.2) is 0 Å². The van der Waals surface area contributed by atoms with Crippen molar-refractivity contribution in [3.05, 3.63) is 16.1 Å². The predicted molar refractivity (Wildman–Crippen MR) is 66.8 cm³/mol. The molecule has 0 saturated heterocycles. The normalized spacial score (nSPS) is 26.3. The van der Waals surface area contributed by atoms with E-state index in [0.717, 1.165) is 15.9 Å². The second kappa shape index (κ2) is 5.09. The van der Waals surface area contributed by atoms with Crippen LogP contribution in [0.3, 0.4) is 0 Å². The highest BCUT2D eigenvalue weighted by Crippen LogP contribution is 2.28. The lowest BCUT2D eigenvalue weighted by molar-refractivity contribution is 0.0964. The zero-order valence-corrected chi connectivity index (χ0v) is 11.0. The van der Waals surface area contributed by atoms with E-state index in [1.54, 1.807) is 12.5 Å². The van der Waals surface area contributed by atoms with E-state index in [1.165, 1.54) is 19.3 Å². The largest absolute Gasteiger partial charge is 0.473 e. The quantitative estimate of drug-likeness (QED) is 0.786. The van der Waals surface area contributed by atoms with E-state index in [-0.39, 0.29) is 0 Å². The van der Waals surface area contributed by atoms with Crippen LogP contribution >= 0.6 is 22.6 Å². The van der Waals surface area contributed by atoms with Crippen molar-refractivity contribution in [1.82, 2.24) is 9.97 Å². The fourth-order valence-corrected chi connectivity index (χ4v) is 2.42. The van der Waals surface area contributed by atoms with Gasteiger partial charge >= 0.3 is 0 Å². The molecule has 0 N–H and O–H groups in total. The molecule has 0 aromatic carbocycles. The summed E-state index contributed by atoms with van der Waals surface area (Å²) in [5.74, 6) is 1.38. The fraction of sp³-hybridized carbons (Fsp3) is 0.636. The van der Waals surface area contributed by atoms with Crippen molar-refractivity contribution >= 4 is 22.6 Å². The summed E-state index contributed by atoms with van der Waals surface area (Å²) in [4.78, 5) is 8.12. The summed E-state index contributed by atoms with van der Waals surface area (Å²) >= 11 is 2.21. The van der Waals surface area contributed by atoms with Gasteiger partial charge in [0, 0.05) is 6.20 Å². The van der Waals surface area contributed by atoms with Crippen LogP contribution < -0.4 is 4.74 Å². The molecule has 1 aromatic rings. The van der Waals surface area contributed by atoms with Gasteiger partial charge in [-0.25, -0.2) is 9.97 Å². The number of ether oxygens (including phenoxy) is 1. The molecule has 3 nitrogen and oxygen atoms in total. The first-order valence-corrected chi connectivity index (χ1v) is 6.47. The average molecular weight is 318 g/mol. The lowest BCUT2D eigenvalue weighted by atomic mass is 9.88. The molecule has 1 heterocycles. The van der Waals surface area contributed by atoms with Gasteiger partial charge in [-0.3, -0.25) is 0 Å². The number of rotatable bonds is 2. The smallest absolute Gasteiger partial charge is 0.230 e. The molecule has 4 heteroatoms. The van der Waals surface area contributed by atoms with Crippen molar-refractivity contribution in [2.75, 3.05) is 0 Å². The molecule has 82 valence electrons. The lowest BCUT2D eigenvalue weighted by Crippen LogP contribution is -2.28. The summed E-state index contributed by atoms with van der Waals surface area (Å²) in [5.41, 5.74) is 0. The standard InChI is InChI=1S/C11H15IN2O/c1-8-4-2-3-5-10(8)15-11-9(12)6-13-7-14-11/h6-8,10H,2-5H2,1H3. The van der Waals surface area contributed by atoms with Crippen LogP contribution in [0.1, 0.15) is 32.6 Å². The molecular weight excluding hydrogens is 303 g/mol. The van der Waals surface area contributed by atoms with E-state index < -0.39 is 0 Å². The van der Waals surface area contributed by atoms with Gasteiger partial charge in [0.05, 0.1) is 3.57 Å². The summed E-state index contributed by atoms with van der Waals surface area (Å²) in [7, 11) is 0. The molecular formula is C11H15IN2O. The second-order valence-electron chi connectivity index (χ2n) is 4.09. The zero-order chi connectivity index (χ0) is 10.7. The van der Waals surface area contributed by atoms with Crippen molar-refractivity contribution in [1.29, 1.82) is 0 Å². The second-order valence-corrected chi connectivity index (χ2v) is 5.26. The predicted octanol–water partition coefficient (Wildman–Crippen LogP) is 3.04. The Labute approximate surface area is 104 Å². The van der Waals surface area contributed by atoms with E-state index in [9.17, 15) is 0 Å². The maximum Gasteiger partial charge on any atom is 0.230 e. The minimum Gasteiger partial charge on any atom is -0.473 e. The number of halogens is 1. The van der Waals surface area contributed by atoms with E-state index in [2.05, 4.69) is 39.5 Å². The molecule has 0 amide bonds. The van der Waals surface area contributed by atoms with Crippen LogP contribution in [-0.4, -0.2) is 16.1 Å². The summed E-state index contributed by atoms with van der Waals surface area (Å²) in [6.07, 6.45) is 8.70. The van der Waals surface area contributed by atoms with Crippen LogP contribution in [-0.2, 0) is 0 Å². The van der Waals surface area contributed by atoms with Crippen LogP contribution in [0.5, 0.6) is 5.88 Å². The molecule has 1 aliphatic rings. The maximum atomic E-state index is 5.94. The molecule has 0 radical (unpaired) electrons. The van der Waals surface area contributed by atoms with E-state index in [1.807, 2.05) is 0 Å². The number of aromatic nitrogens is 2. The number of hydrogen-bond donors (Lipinski definition) is 0. The summed E-state index contributed by atoms with van der Waals surface area (Å²) in [6.45, 7) is 2.26. The third kappa shape index (κ3) is 2.80. The molecule has 1 aromatic heterocycles. The summed E-state index contributed by atoms with van der Waals surface area (Å²) in [5, 5.41) is 0. The molecule has 2 rings (SSSR count). The molecule has 0 aliphatic heterocycles. The minimum atomic E-state index is 0.335. The van der Waals surface area contributed by atoms with Crippen LogP contribution in [0, 0.1) is 9.49 Å². The Morgan fingerprint density at radius 3 is 2.93 bits per heavy atom. The highest BCUT2D eigenvalue weighted by atomic mass is 127. The molecule has 0 spiro atoms. The van der Waals surface area contributed by atoms with Gasteiger partial charge in [0.25, 0.3) is 0 Å². The Bertz CT molecular complexity index is 332. The van der Waals surface area contributed by atoms with Crippen LogP contribution in [0.15, 0.2) is 12.5 Å². The van der Waals surface area contributed by atoms with Crippen LogP contribution in [0.25, 0.3) is 0 Å². The average Bonchev–Trinajstić information content (AvgIpc) is 2.24. The number of nitrogens with zero attached hydrogens (tertiary/aromatic N) is 2. The molecule has 15 heavy (non-hydrogen) atoms. The van der Waals surface area contributed by atoms with Crippen molar-refractivity contribution in [2.45, 2.75) is 38.7 Å². The van der Waals surface area contributed by atoms with E-state index >= 15 is 0 Å². The fourth-order valence-electron chi connectivity index (χ4n) is 1.99. The van der Waals surface area contributed by atoms with Crippen LogP contribution in [0.2, 0.25) is 0 Å². The van der Waals surface area contributed by atoms with E-state index in [0.29, 0.717) is 12.0 Å². The Morgan fingerprint density at radius 1 is 1.40 bits per heavy atom. The molecule has 2 atom stereocenters.